The van der Waals surface area contributed by atoms with Crippen molar-refractivity contribution in [3.05, 3.63) is 11.8 Å². The molecule has 0 aliphatic carbocycles. The van der Waals surface area contributed by atoms with Crippen molar-refractivity contribution in [2.75, 3.05) is 37.0 Å². The Balaban J connectivity index is 2.21. The zero-order chi connectivity index (χ0) is 15.5. The average molecular weight is 304 g/mol. The van der Waals surface area contributed by atoms with Gasteiger partial charge in [-0.3, -0.25) is 0 Å². The van der Waals surface area contributed by atoms with Gasteiger partial charge in [-0.15, -0.1) is 0 Å². The molecule has 1 unspecified atom stereocenters. The largest absolute Gasteiger partial charge is 0.433 e. The fraction of sp³-hybridized carbons (Fsp3) is 0.692. The van der Waals surface area contributed by atoms with Crippen LogP contribution >= 0.6 is 0 Å². The maximum Gasteiger partial charge on any atom is 0.433 e. The van der Waals surface area contributed by atoms with Gasteiger partial charge in [-0.1, -0.05) is 0 Å². The molecule has 1 aliphatic heterocycles. The molecule has 1 N–H and O–H groups in total. The van der Waals surface area contributed by atoms with Crippen LogP contribution in [0.25, 0.3) is 0 Å². The summed E-state index contributed by atoms with van der Waals surface area (Å²) in [5, 5.41) is 2.73. The van der Waals surface area contributed by atoms with E-state index in [2.05, 4.69) is 15.3 Å². The van der Waals surface area contributed by atoms with Gasteiger partial charge in [0.15, 0.2) is 5.69 Å². The molecule has 1 atom stereocenters. The van der Waals surface area contributed by atoms with Crippen molar-refractivity contribution in [3.63, 3.8) is 0 Å². The Morgan fingerprint density at radius 1 is 1.43 bits per heavy atom. The number of likely N-dealkylation sites (N-methyl/N-ethyl adjacent to an activating group) is 1. The SMILES string of the molecule is CCNc1nc(N(C)CC2CCCO2)cc(C(F)(F)F)n1. The normalized spacial score (nSPS) is 18.8. The number of hydrogen-bond acceptors (Lipinski definition) is 5. The Labute approximate surface area is 121 Å². The van der Waals surface area contributed by atoms with Gasteiger partial charge < -0.3 is 15.0 Å². The maximum atomic E-state index is 12.9. The maximum absolute atomic E-state index is 12.9. The van der Waals surface area contributed by atoms with Crippen molar-refractivity contribution in [1.82, 2.24) is 9.97 Å². The van der Waals surface area contributed by atoms with Gasteiger partial charge in [0.2, 0.25) is 5.95 Å². The summed E-state index contributed by atoms with van der Waals surface area (Å²) >= 11 is 0. The average Bonchev–Trinajstić information content (AvgIpc) is 2.90. The summed E-state index contributed by atoms with van der Waals surface area (Å²) in [5.74, 6) is 0.227. The van der Waals surface area contributed by atoms with Gasteiger partial charge in [-0.05, 0) is 19.8 Å². The van der Waals surface area contributed by atoms with Gasteiger partial charge in [-0.25, -0.2) is 4.98 Å². The van der Waals surface area contributed by atoms with Crippen LogP contribution in [0.3, 0.4) is 0 Å². The number of ether oxygens (including phenoxy) is 1. The summed E-state index contributed by atoms with van der Waals surface area (Å²) in [6.45, 7) is 3.45. The van der Waals surface area contributed by atoms with Gasteiger partial charge >= 0.3 is 6.18 Å². The number of aromatic nitrogens is 2. The minimum absolute atomic E-state index is 0.0125. The Morgan fingerprint density at radius 2 is 2.19 bits per heavy atom. The fourth-order valence-electron chi connectivity index (χ4n) is 2.20. The van der Waals surface area contributed by atoms with Crippen molar-refractivity contribution in [2.24, 2.45) is 0 Å². The van der Waals surface area contributed by atoms with Crippen LogP contribution in [0.1, 0.15) is 25.5 Å². The first kappa shape index (κ1) is 15.8. The number of nitrogens with one attached hydrogen (secondary N) is 1. The number of alkyl halides is 3. The molecule has 118 valence electrons. The zero-order valence-electron chi connectivity index (χ0n) is 12.1. The van der Waals surface area contributed by atoms with E-state index >= 15 is 0 Å². The summed E-state index contributed by atoms with van der Waals surface area (Å²) in [7, 11) is 1.71. The van der Waals surface area contributed by atoms with Gasteiger partial charge in [0, 0.05) is 32.8 Å². The van der Waals surface area contributed by atoms with E-state index < -0.39 is 11.9 Å². The van der Waals surface area contributed by atoms with Crippen LogP contribution in [0.15, 0.2) is 6.07 Å². The van der Waals surface area contributed by atoms with Crippen molar-refractivity contribution in [1.29, 1.82) is 0 Å². The number of rotatable bonds is 5. The molecular formula is C13H19F3N4O. The smallest absolute Gasteiger partial charge is 0.376 e. The van der Waals surface area contributed by atoms with E-state index in [0.717, 1.165) is 18.9 Å². The molecular weight excluding hydrogens is 285 g/mol. The lowest BCUT2D eigenvalue weighted by Gasteiger charge is -2.23. The fourth-order valence-corrected chi connectivity index (χ4v) is 2.20. The monoisotopic (exact) mass is 304 g/mol. The summed E-state index contributed by atoms with van der Waals surface area (Å²) in [6, 6.07) is 0.968. The van der Waals surface area contributed by atoms with Crippen LogP contribution in [0.5, 0.6) is 0 Å². The Hall–Kier alpha value is -1.57. The Morgan fingerprint density at radius 3 is 2.76 bits per heavy atom. The van der Waals surface area contributed by atoms with Crippen LogP contribution in [0, 0.1) is 0 Å². The molecule has 0 radical (unpaired) electrons. The second-order valence-electron chi connectivity index (χ2n) is 4.98. The quantitative estimate of drug-likeness (QED) is 0.906. The molecule has 1 saturated heterocycles. The highest BCUT2D eigenvalue weighted by Crippen LogP contribution is 2.30. The minimum atomic E-state index is -4.49. The summed E-state index contributed by atoms with van der Waals surface area (Å²) < 4.78 is 44.2. The summed E-state index contributed by atoms with van der Waals surface area (Å²) in [6.07, 6.45) is -2.55. The third-order valence-electron chi connectivity index (χ3n) is 3.23. The lowest BCUT2D eigenvalue weighted by atomic mass is 10.2. The highest BCUT2D eigenvalue weighted by atomic mass is 19.4. The van der Waals surface area contributed by atoms with E-state index in [4.69, 9.17) is 4.74 Å². The van der Waals surface area contributed by atoms with Crippen LogP contribution in [-0.2, 0) is 10.9 Å². The standard InChI is InChI=1S/C13H19F3N4O/c1-3-17-12-18-10(13(14,15)16)7-11(19-12)20(2)8-9-5-4-6-21-9/h7,9H,3-6,8H2,1-2H3,(H,17,18,19). The van der Waals surface area contributed by atoms with E-state index in [0.29, 0.717) is 19.7 Å². The number of halogens is 3. The third kappa shape index (κ3) is 4.20. The van der Waals surface area contributed by atoms with Crippen molar-refractivity contribution >= 4 is 11.8 Å². The van der Waals surface area contributed by atoms with Crippen LogP contribution in [0.2, 0.25) is 0 Å². The van der Waals surface area contributed by atoms with Gasteiger partial charge in [-0.2, -0.15) is 18.2 Å². The molecule has 2 rings (SSSR count). The molecule has 8 heteroatoms. The predicted molar refractivity (Wildman–Crippen MR) is 73.4 cm³/mol. The molecule has 0 bridgehead atoms. The first-order valence-corrected chi connectivity index (χ1v) is 6.93. The summed E-state index contributed by atoms with van der Waals surface area (Å²) in [5.41, 5.74) is -0.942. The van der Waals surface area contributed by atoms with Crippen molar-refractivity contribution < 1.29 is 17.9 Å². The van der Waals surface area contributed by atoms with E-state index in [1.807, 2.05) is 0 Å². The first-order chi connectivity index (χ1) is 9.90. The molecule has 1 aromatic rings. The predicted octanol–water partition coefficient (Wildman–Crippen LogP) is 2.54. The third-order valence-corrected chi connectivity index (χ3v) is 3.23. The molecule has 1 fully saturated rings. The molecule has 0 amide bonds. The van der Waals surface area contributed by atoms with E-state index in [1.165, 1.54) is 0 Å². The van der Waals surface area contributed by atoms with Crippen LogP contribution in [-0.4, -0.2) is 42.8 Å². The van der Waals surface area contributed by atoms with E-state index in [-0.39, 0.29) is 17.9 Å². The zero-order valence-corrected chi connectivity index (χ0v) is 12.1. The topological polar surface area (TPSA) is 50.3 Å². The van der Waals surface area contributed by atoms with Crippen molar-refractivity contribution in [2.45, 2.75) is 32.0 Å². The second-order valence-corrected chi connectivity index (χ2v) is 4.98. The van der Waals surface area contributed by atoms with E-state index in [9.17, 15) is 13.2 Å². The first-order valence-electron chi connectivity index (χ1n) is 6.93. The van der Waals surface area contributed by atoms with E-state index in [1.54, 1.807) is 18.9 Å². The highest BCUT2D eigenvalue weighted by molar-refractivity contribution is 5.45. The molecule has 5 nitrogen and oxygen atoms in total. The molecule has 1 aromatic heterocycles. The number of anilines is 2. The van der Waals surface area contributed by atoms with Crippen LogP contribution in [0.4, 0.5) is 24.9 Å². The number of nitrogens with zero attached hydrogens (tertiary/aromatic N) is 3. The van der Waals surface area contributed by atoms with Gasteiger partial charge in [0.25, 0.3) is 0 Å². The van der Waals surface area contributed by atoms with Crippen molar-refractivity contribution in [3.8, 4) is 0 Å². The molecule has 0 spiro atoms. The lowest BCUT2D eigenvalue weighted by Crippen LogP contribution is -2.30. The summed E-state index contributed by atoms with van der Waals surface area (Å²) in [4.78, 5) is 9.30. The molecule has 2 heterocycles. The van der Waals surface area contributed by atoms with Gasteiger partial charge in [0.1, 0.15) is 5.82 Å². The Bertz CT molecular complexity index is 475. The molecule has 1 aliphatic rings. The molecule has 0 aromatic carbocycles. The highest BCUT2D eigenvalue weighted by Gasteiger charge is 2.34. The second kappa shape index (κ2) is 6.46. The Kier molecular flexibility index (Phi) is 4.87. The molecule has 0 saturated carbocycles. The van der Waals surface area contributed by atoms with Gasteiger partial charge in [0.05, 0.1) is 6.10 Å². The number of hydrogen-bond donors (Lipinski definition) is 1. The molecule has 21 heavy (non-hydrogen) atoms. The minimum Gasteiger partial charge on any atom is -0.376 e. The van der Waals surface area contributed by atoms with Crippen LogP contribution < -0.4 is 10.2 Å². The lowest BCUT2D eigenvalue weighted by molar-refractivity contribution is -0.141.